The van der Waals surface area contributed by atoms with Crippen molar-refractivity contribution in [2.45, 2.75) is 31.6 Å². The minimum atomic E-state index is -1.28. The number of piperidine rings is 1. The van der Waals surface area contributed by atoms with E-state index in [1.54, 1.807) is 6.07 Å². The molecule has 166 valence electrons. The fraction of sp³-hybridized carbons (Fsp3) is 0.280. The van der Waals surface area contributed by atoms with Crippen LogP contribution < -0.4 is 0 Å². The Balaban J connectivity index is 1.41. The predicted molar refractivity (Wildman–Crippen MR) is 119 cm³/mol. The van der Waals surface area contributed by atoms with Crippen molar-refractivity contribution in [2.75, 3.05) is 13.1 Å². The minimum Gasteiger partial charge on any atom is -0.477 e. The molecular formula is C25H26N2O5. The first kappa shape index (κ1) is 21.8. The highest BCUT2D eigenvalue weighted by Crippen LogP contribution is 2.30. The quantitative estimate of drug-likeness (QED) is 0.570. The van der Waals surface area contributed by atoms with Crippen molar-refractivity contribution < 1.29 is 24.5 Å². The highest BCUT2D eigenvalue weighted by atomic mass is 16.5. The van der Waals surface area contributed by atoms with Gasteiger partial charge in [0.25, 0.3) is 0 Å². The molecule has 0 aliphatic carbocycles. The van der Waals surface area contributed by atoms with Gasteiger partial charge in [-0.1, -0.05) is 60.7 Å². The molecule has 32 heavy (non-hydrogen) atoms. The van der Waals surface area contributed by atoms with Crippen LogP contribution >= 0.6 is 0 Å². The van der Waals surface area contributed by atoms with Crippen LogP contribution in [0.2, 0.25) is 0 Å². The van der Waals surface area contributed by atoms with E-state index in [1.165, 1.54) is 6.07 Å². The number of ether oxygens (including phenoxy) is 1. The Morgan fingerprint density at radius 2 is 1.44 bits per heavy atom. The van der Waals surface area contributed by atoms with Crippen LogP contribution in [-0.2, 0) is 11.3 Å². The van der Waals surface area contributed by atoms with Crippen molar-refractivity contribution in [2.24, 2.45) is 0 Å². The standard InChI is InChI=1S/C25H26N2O5/c28-24(29)22-12-11-20(27(22)25(30)31)17-26-15-13-21(14-16-26)32-23(18-7-3-1-4-8-18)19-9-5-2-6-10-19/h1-12,21,23H,13-17H2,(H,28,29)(H,30,31). The summed E-state index contributed by atoms with van der Waals surface area (Å²) < 4.78 is 7.41. The molecule has 2 heterocycles. The molecule has 2 N–H and O–H groups in total. The van der Waals surface area contributed by atoms with Crippen LogP contribution in [0.15, 0.2) is 72.8 Å². The molecule has 0 unspecified atom stereocenters. The second-order valence-electron chi connectivity index (χ2n) is 7.95. The van der Waals surface area contributed by atoms with Crippen molar-refractivity contribution in [1.82, 2.24) is 9.47 Å². The van der Waals surface area contributed by atoms with Gasteiger partial charge in [0.1, 0.15) is 11.8 Å². The topological polar surface area (TPSA) is 92.0 Å². The van der Waals surface area contributed by atoms with Crippen LogP contribution in [-0.4, -0.2) is 50.9 Å². The Kier molecular flexibility index (Phi) is 6.68. The zero-order valence-corrected chi connectivity index (χ0v) is 17.6. The van der Waals surface area contributed by atoms with E-state index in [1.807, 2.05) is 36.4 Å². The molecular weight excluding hydrogens is 408 g/mol. The highest BCUT2D eigenvalue weighted by molar-refractivity contribution is 5.90. The van der Waals surface area contributed by atoms with Crippen LogP contribution in [0.3, 0.4) is 0 Å². The van der Waals surface area contributed by atoms with Gasteiger partial charge in [0.15, 0.2) is 0 Å². The largest absolute Gasteiger partial charge is 0.477 e. The summed E-state index contributed by atoms with van der Waals surface area (Å²) in [5.74, 6) is -1.25. The molecule has 1 aliphatic rings. The molecule has 1 fully saturated rings. The third kappa shape index (κ3) is 4.90. The van der Waals surface area contributed by atoms with Gasteiger partial charge >= 0.3 is 12.1 Å². The highest BCUT2D eigenvalue weighted by Gasteiger charge is 2.26. The molecule has 0 bridgehead atoms. The molecule has 2 aromatic carbocycles. The van der Waals surface area contributed by atoms with Crippen molar-refractivity contribution in [3.8, 4) is 0 Å². The number of carboxylic acids is 1. The first-order valence-corrected chi connectivity index (χ1v) is 10.7. The Morgan fingerprint density at radius 3 is 1.94 bits per heavy atom. The van der Waals surface area contributed by atoms with E-state index in [4.69, 9.17) is 4.74 Å². The van der Waals surface area contributed by atoms with E-state index in [9.17, 15) is 19.8 Å². The summed E-state index contributed by atoms with van der Waals surface area (Å²) in [5.41, 5.74) is 2.45. The molecule has 0 amide bonds. The summed E-state index contributed by atoms with van der Waals surface area (Å²) in [7, 11) is 0. The Bertz CT molecular complexity index is 1020. The average Bonchev–Trinajstić information content (AvgIpc) is 3.24. The molecule has 0 radical (unpaired) electrons. The number of carbonyl (C=O) groups is 2. The third-order valence-electron chi connectivity index (χ3n) is 5.83. The Hall–Kier alpha value is -3.42. The molecule has 3 aromatic rings. The zero-order valence-electron chi connectivity index (χ0n) is 17.6. The minimum absolute atomic E-state index is 0.0810. The summed E-state index contributed by atoms with van der Waals surface area (Å²) in [6, 6.07) is 23.3. The number of benzene rings is 2. The summed E-state index contributed by atoms with van der Waals surface area (Å²) in [6.45, 7) is 1.87. The van der Waals surface area contributed by atoms with Crippen LogP contribution in [0.5, 0.6) is 0 Å². The van der Waals surface area contributed by atoms with Crippen molar-refractivity contribution in [1.29, 1.82) is 0 Å². The first-order valence-electron chi connectivity index (χ1n) is 10.7. The SMILES string of the molecule is O=C(O)c1ccc(CN2CCC(OC(c3ccccc3)c3ccccc3)CC2)n1C(=O)O. The number of carboxylic acid groups (broad SMARTS) is 2. The van der Waals surface area contributed by atoms with Gasteiger partial charge in [-0.05, 0) is 36.1 Å². The zero-order chi connectivity index (χ0) is 22.5. The van der Waals surface area contributed by atoms with Crippen molar-refractivity contribution in [3.63, 3.8) is 0 Å². The van der Waals surface area contributed by atoms with Gasteiger partial charge in [-0.2, -0.15) is 0 Å². The third-order valence-corrected chi connectivity index (χ3v) is 5.83. The van der Waals surface area contributed by atoms with Crippen LogP contribution in [0.1, 0.15) is 46.3 Å². The van der Waals surface area contributed by atoms with Gasteiger partial charge in [-0.15, -0.1) is 0 Å². The molecule has 1 aliphatic heterocycles. The van der Waals surface area contributed by atoms with E-state index in [-0.39, 0.29) is 17.9 Å². The maximum atomic E-state index is 11.6. The lowest BCUT2D eigenvalue weighted by atomic mass is 10.00. The smallest absolute Gasteiger partial charge is 0.416 e. The number of hydrogen-bond acceptors (Lipinski definition) is 4. The van der Waals surface area contributed by atoms with E-state index >= 15 is 0 Å². The van der Waals surface area contributed by atoms with Gasteiger partial charge in [-0.3, -0.25) is 4.90 Å². The molecule has 7 nitrogen and oxygen atoms in total. The number of hydrogen-bond donors (Lipinski definition) is 2. The molecule has 0 spiro atoms. The second kappa shape index (κ2) is 9.80. The molecule has 7 heteroatoms. The van der Waals surface area contributed by atoms with Gasteiger partial charge < -0.3 is 14.9 Å². The Labute approximate surface area is 186 Å². The molecule has 1 aromatic heterocycles. The van der Waals surface area contributed by atoms with Gasteiger partial charge in [0.05, 0.1) is 6.10 Å². The molecule has 4 rings (SSSR count). The summed E-state index contributed by atoms with van der Waals surface area (Å²) in [6.07, 6.45) is 0.286. The maximum absolute atomic E-state index is 11.6. The fourth-order valence-electron chi connectivity index (χ4n) is 4.23. The first-order chi connectivity index (χ1) is 15.5. The predicted octanol–water partition coefficient (Wildman–Crippen LogP) is 4.48. The lowest BCUT2D eigenvalue weighted by Crippen LogP contribution is -2.38. The van der Waals surface area contributed by atoms with Gasteiger partial charge in [-0.25, -0.2) is 14.2 Å². The fourth-order valence-corrected chi connectivity index (χ4v) is 4.23. The monoisotopic (exact) mass is 434 g/mol. The lowest BCUT2D eigenvalue weighted by Gasteiger charge is -2.34. The number of likely N-dealkylation sites (tertiary alicyclic amines) is 1. The van der Waals surface area contributed by atoms with Crippen LogP contribution in [0, 0.1) is 0 Å². The summed E-state index contributed by atoms with van der Waals surface area (Å²) in [4.78, 5) is 25.0. The van der Waals surface area contributed by atoms with E-state index in [2.05, 4.69) is 29.2 Å². The molecule has 0 saturated carbocycles. The molecule has 1 saturated heterocycles. The number of aromatic carboxylic acids is 1. The van der Waals surface area contributed by atoms with Gasteiger partial charge in [0, 0.05) is 25.3 Å². The lowest BCUT2D eigenvalue weighted by molar-refractivity contribution is -0.0283. The number of nitrogens with zero attached hydrogens (tertiary/aromatic N) is 2. The second-order valence-corrected chi connectivity index (χ2v) is 7.95. The average molecular weight is 434 g/mol. The van der Waals surface area contributed by atoms with Crippen molar-refractivity contribution >= 4 is 12.1 Å². The van der Waals surface area contributed by atoms with Crippen LogP contribution in [0.4, 0.5) is 4.79 Å². The van der Waals surface area contributed by atoms with Crippen molar-refractivity contribution in [3.05, 3.63) is 95.3 Å². The summed E-state index contributed by atoms with van der Waals surface area (Å²) in [5, 5.41) is 18.7. The van der Waals surface area contributed by atoms with E-state index in [0.717, 1.165) is 41.6 Å². The van der Waals surface area contributed by atoms with E-state index < -0.39 is 12.1 Å². The maximum Gasteiger partial charge on any atom is 0.416 e. The van der Waals surface area contributed by atoms with Crippen LogP contribution in [0.25, 0.3) is 0 Å². The number of aromatic nitrogens is 1. The Morgan fingerprint density at radius 1 is 0.875 bits per heavy atom. The van der Waals surface area contributed by atoms with Gasteiger partial charge in [0.2, 0.25) is 0 Å². The molecule has 0 atom stereocenters. The normalized spacial score (nSPS) is 15.2. The summed E-state index contributed by atoms with van der Waals surface area (Å²) >= 11 is 0. The van der Waals surface area contributed by atoms with E-state index in [0.29, 0.717) is 12.2 Å². The number of rotatable bonds is 7.